The first-order chi connectivity index (χ1) is 6.29. The summed E-state index contributed by atoms with van der Waals surface area (Å²) >= 11 is 0. The molecule has 72 valence electrons. The van der Waals surface area contributed by atoms with Crippen molar-refractivity contribution in [1.82, 2.24) is 5.32 Å². The lowest BCUT2D eigenvalue weighted by atomic mass is 10.2. The maximum atomic E-state index is 10.9. The van der Waals surface area contributed by atoms with Crippen LogP contribution in [0.4, 0.5) is 0 Å². The molecule has 1 aliphatic rings. The van der Waals surface area contributed by atoms with Crippen molar-refractivity contribution in [2.24, 2.45) is 0 Å². The minimum atomic E-state index is 0.139. The molecule has 0 spiro atoms. The smallest absolute Gasteiger partial charge is 0.220 e. The van der Waals surface area contributed by atoms with Crippen LogP contribution in [-0.4, -0.2) is 12.5 Å². The van der Waals surface area contributed by atoms with Gasteiger partial charge in [0.2, 0.25) is 5.91 Å². The second kappa shape index (κ2) is 7.35. The Labute approximate surface area is 80.0 Å². The van der Waals surface area contributed by atoms with Gasteiger partial charge in [-0.3, -0.25) is 4.79 Å². The van der Waals surface area contributed by atoms with Gasteiger partial charge in [-0.1, -0.05) is 23.8 Å². The summed E-state index contributed by atoms with van der Waals surface area (Å²) in [7, 11) is 0. The fraction of sp³-hybridized carbons (Fsp3) is 0.364. The van der Waals surface area contributed by atoms with Crippen LogP contribution in [0.5, 0.6) is 0 Å². The summed E-state index contributed by atoms with van der Waals surface area (Å²) in [5, 5.41) is 2.79. The summed E-state index contributed by atoms with van der Waals surface area (Å²) in [4.78, 5) is 10.9. The second-order valence-corrected chi connectivity index (χ2v) is 2.69. The minimum Gasteiger partial charge on any atom is -0.353 e. The van der Waals surface area contributed by atoms with E-state index in [0.29, 0.717) is 13.0 Å². The van der Waals surface area contributed by atoms with Gasteiger partial charge in [0.05, 0.1) is 0 Å². The van der Waals surface area contributed by atoms with E-state index in [1.807, 2.05) is 19.1 Å². The molecule has 0 saturated heterocycles. The lowest BCUT2D eigenvalue weighted by molar-refractivity contribution is -0.120. The molecule has 0 aromatic rings. The van der Waals surface area contributed by atoms with Crippen molar-refractivity contribution in [3.63, 3.8) is 0 Å². The van der Waals surface area contributed by atoms with Gasteiger partial charge in [-0.25, -0.2) is 0 Å². The van der Waals surface area contributed by atoms with E-state index < -0.39 is 0 Å². The molecule has 2 nitrogen and oxygen atoms in total. The number of rotatable bonds is 0. The van der Waals surface area contributed by atoms with Crippen LogP contribution in [0.25, 0.3) is 0 Å². The Morgan fingerprint density at radius 1 is 1.46 bits per heavy atom. The highest BCUT2D eigenvalue weighted by Gasteiger charge is 1.98. The van der Waals surface area contributed by atoms with Gasteiger partial charge in [0.25, 0.3) is 0 Å². The molecule has 1 N–H and O–H groups in total. The Balaban J connectivity index is 0.000000671. The maximum Gasteiger partial charge on any atom is 0.220 e. The number of hydrogen-bond acceptors (Lipinski definition) is 1. The summed E-state index contributed by atoms with van der Waals surface area (Å²) in [5.74, 6) is 0.139. The highest BCUT2D eigenvalue weighted by molar-refractivity contribution is 5.76. The Morgan fingerprint density at radius 3 is 2.85 bits per heavy atom. The van der Waals surface area contributed by atoms with Crippen LogP contribution in [0, 0.1) is 0 Å². The third-order valence-corrected chi connectivity index (χ3v) is 1.64. The van der Waals surface area contributed by atoms with Gasteiger partial charge in [0, 0.05) is 13.0 Å². The van der Waals surface area contributed by atoms with Crippen LogP contribution in [0.1, 0.15) is 19.8 Å². The average Bonchev–Trinajstić information content (AvgIpc) is 2.23. The zero-order chi connectivity index (χ0) is 10.1. The SMILES string of the molecule is C=C.CC1=C/CCC(=O)NC/C=C\1. The van der Waals surface area contributed by atoms with Crippen molar-refractivity contribution >= 4 is 5.91 Å². The summed E-state index contributed by atoms with van der Waals surface area (Å²) in [6.45, 7) is 8.70. The topological polar surface area (TPSA) is 29.1 Å². The Kier molecular flexibility index (Phi) is 6.60. The molecule has 13 heavy (non-hydrogen) atoms. The molecule has 2 heteroatoms. The molecule has 1 rings (SSSR count). The lowest BCUT2D eigenvalue weighted by Crippen LogP contribution is -2.22. The predicted octanol–water partition coefficient (Wildman–Crippen LogP) is 2.20. The number of hydrogen-bond donors (Lipinski definition) is 1. The first-order valence-electron chi connectivity index (χ1n) is 4.39. The molecule has 1 aliphatic heterocycles. The minimum absolute atomic E-state index is 0.139. The molecule has 0 saturated carbocycles. The molecule has 1 amide bonds. The monoisotopic (exact) mass is 179 g/mol. The molecule has 0 radical (unpaired) electrons. The molecule has 0 aliphatic carbocycles. The van der Waals surface area contributed by atoms with E-state index in [9.17, 15) is 4.79 Å². The molecule has 0 aromatic carbocycles. The van der Waals surface area contributed by atoms with Crippen molar-refractivity contribution in [2.45, 2.75) is 19.8 Å². The molecule has 0 aromatic heterocycles. The van der Waals surface area contributed by atoms with Crippen LogP contribution in [0.2, 0.25) is 0 Å². The zero-order valence-electron chi connectivity index (χ0n) is 8.18. The second-order valence-electron chi connectivity index (χ2n) is 2.69. The Morgan fingerprint density at radius 2 is 2.15 bits per heavy atom. The first-order valence-corrected chi connectivity index (χ1v) is 4.39. The van der Waals surface area contributed by atoms with Gasteiger partial charge >= 0.3 is 0 Å². The molecule has 0 unspecified atom stereocenters. The molecule has 0 fully saturated rings. The number of nitrogens with one attached hydrogen (secondary N) is 1. The number of allylic oxidation sites excluding steroid dienone is 3. The summed E-state index contributed by atoms with van der Waals surface area (Å²) in [5.41, 5.74) is 1.24. The Bertz CT molecular complexity index is 216. The Hall–Kier alpha value is -1.31. The lowest BCUT2D eigenvalue weighted by Gasteiger charge is -1.97. The molecular formula is C11H17NO. The van der Waals surface area contributed by atoms with Crippen molar-refractivity contribution in [1.29, 1.82) is 0 Å². The van der Waals surface area contributed by atoms with E-state index in [1.165, 1.54) is 5.57 Å². The van der Waals surface area contributed by atoms with Crippen LogP contribution >= 0.6 is 0 Å². The fourth-order valence-electron chi connectivity index (χ4n) is 1.00. The number of carbonyl (C=O) groups excluding carboxylic acids is 1. The molecule has 0 bridgehead atoms. The van der Waals surface area contributed by atoms with E-state index in [2.05, 4.69) is 24.6 Å². The molecule has 1 heterocycles. The van der Waals surface area contributed by atoms with Crippen LogP contribution in [0.15, 0.2) is 37.0 Å². The maximum absolute atomic E-state index is 10.9. The van der Waals surface area contributed by atoms with Crippen LogP contribution in [0.3, 0.4) is 0 Å². The van der Waals surface area contributed by atoms with Crippen molar-refractivity contribution < 1.29 is 4.79 Å². The average molecular weight is 179 g/mol. The van der Waals surface area contributed by atoms with Crippen molar-refractivity contribution in [3.8, 4) is 0 Å². The number of carbonyl (C=O) groups is 1. The summed E-state index contributed by atoms with van der Waals surface area (Å²) in [6, 6.07) is 0. The third kappa shape index (κ3) is 5.91. The predicted molar refractivity (Wildman–Crippen MR) is 56.4 cm³/mol. The molecule has 0 atom stereocenters. The quantitative estimate of drug-likeness (QED) is 0.567. The van der Waals surface area contributed by atoms with Gasteiger partial charge in [-0.2, -0.15) is 0 Å². The van der Waals surface area contributed by atoms with Gasteiger partial charge in [0.1, 0.15) is 0 Å². The zero-order valence-corrected chi connectivity index (χ0v) is 8.18. The van der Waals surface area contributed by atoms with E-state index >= 15 is 0 Å². The highest BCUT2D eigenvalue weighted by Crippen LogP contribution is 2.01. The van der Waals surface area contributed by atoms with Crippen LogP contribution < -0.4 is 5.32 Å². The van der Waals surface area contributed by atoms with Crippen LogP contribution in [-0.2, 0) is 4.79 Å². The first kappa shape index (κ1) is 11.7. The number of amides is 1. The van der Waals surface area contributed by atoms with Gasteiger partial charge < -0.3 is 5.32 Å². The highest BCUT2D eigenvalue weighted by atomic mass is 16.1. The summed E-state index contributed by atoms with van der Waals surface area (Å²) in [6.07, 6.45) is 7.54. The van der Waals surface area contributed by atoms with Crippen molar-refractivity contribution in [2.75, 3.05) is 6.54 Å². The normalized spacial score (nSPS) is 23.2. The standard InChI is InChI=1S/C9H13NO.C2H4/c1-8-4-2-6-9(11)10-7-3-5-8;1-2/h3-5H,2,6-7H2,1H3,(H,10,11);1-2H2/b5-3-,8-4-;. The van der Waals surface area contributed by atoms with Gasteiger partial charge in [-0.05, 0) is 13.3 Å². The van der Waals surface area contributed by atoms with E-state index in [4.69, 9.17) is 0 Å². The molecular weight excluding hydrogens is 162 g/mol. The third-order valence-electron chi connectivity index (χ3n) is 1.64. The van der Waals surface area contributed by atoms with Gasteiger partial charge in [0.15, 0.2) is 0 Å². The van der Waals surface area contributed by atoms with E-state index in [-0.39, 0.29) is 5.91 Å². The van der Waals surface area contributed by atoms with Crippen molar-refractivity contribution in [3.05, 3.63) is 37.0 Å². The fourth-order valence-corrected chi connectivity index (χ4v) is 1.00. The van der Waals surface area contributed by atoms with E-state index in [1.54, 1.807) is 0 Å². The summed E-state index contributed by atoms with van der Waals surface area (Å²) < 4.78 is 0. The van der Waals surface area contributed by atoms with E-state index in [0.717, 1.165) is 6.42 Å². The largest absolute Gasteiger partial charge is 0.353 e. The van der Waals surface area contributed by atoms with Gasteiger partial charge in [-0.15, -0.1) is 13.2 Å².